The standard InChI is InChI=1S/C13H26N2S/c1-10-6-15(7-11(2)14-10)12-5-13(3,4)9-16-8-12/h10-12,14H,5-9H2,1-4H3. The summed E-state index contributed by atoms with van der Waals surface area (Å²) >= 11 is 2.14. The van der Waals surface area contributed by atoms with Gasteiger partial charge in [0.25, 0.3) is 0 Å². The first-order valence-electron chi connectivity index (χ1n) is 6.54. The lowest BCUT2D eigenvalue weighted by atomic mass is 9.86. The molecule has 2 aliphatic rings. The molecule has 0 bridgehead atoms. The fraction of sp³-hybridized carbons (Fsp3) is 1.00. The molecular weight excluding hydrogens is 216 g/mol. The molecular formula is C13H26N2S. The van der Waals surface area contributed by atoms with Gasteiger partial charge >= 0.3 is 0 Å². The Morgan fingerprint density at radius 3 is 2.38 bits per heavy atom. The van der Waals surface area contributed by atoms with Crippen LogP contribution in [0.15, 0.2) is 0 Å². The van der Waals surface area contributed by atoms with Crippen LogP contribution in [-0.2, 0) is 0 Å². The second-order valence-corrected chi connectivity index (χ2v) is 7.49. The second kappa shape index (κ2) is 4.87. The van der Waals surface area contributed by atoms with Gasteiger partial charge in [-0.2, -0.15) is 11.8 Å². The molecule has 0 spiro atoms. The third-order valence-electron chi connectivity index (χ3n) is 3.69. The average Bonchev–Trinajstić information content (AvgIpc) is 2.14. The third kappa shape index (κ3) is 3.14. The van der Waals surface area contributed by atoms with E-state index in [4.69, 9.17) is 0 Å². The van der Waals surface area contributed by atoms with Gasteiger partial charge in [-0.3, -0.25) is 4.90 Å². The maximum atomic E-state index is 3.62. The number of hydrogen-bond donors (Lipinski definition) is 1. The van der Waals surface area contributed by atoms with Gasteiger partial charge in [0.15, 0.2) is 0 Å². The number of hydrogen-bond acceptors (Lipinski definition) is 3. The van der Waals surface area contributed by atoms with Gasteiger partial charge in [-0.15, -0.1) is 0 Å². The topological polar surface area (TPSA) is 15.3 Å². The van der Waals surface area contributed by atoms with Crippen molar-refractivity contribution in [3.8, 4) is 0 Å². The van der Waals surface area contributed by atoms with Crippen LogP contribution in [0.25, 0.3) is 0 Å². The van der Waals surface area contributed by atoms with Crippen LogP contribution in [-0.4, -0.2) is 47.6 Å². The summed E-state index contributed by atoms with van der Waals surface area (Å²) in [6.07, 6.45) is 1.37. The van der Waals surface area contributed by atoms with Crippen LogP contribution in [0.2, 0.25) is 0 Å². The van der Waals surface area contributed by atoms with Crippen LogP contribution in [0.1, 0.15) is 34.1 Å². The Labute approximate surface area is 105 Å². The minimum Gasteiger partial charge on any atom is -0.309 e. The summed E-state index contributed by atoms with van der Waals surface area (Å²) in [5.74, 6) is 2.67. The van der Waals surface area contributed by atoms with E-state index in [9.17, 15) is 0 Å². The summed E-state index contributed by atoms with van der Waals surface area (Å²) < 4.78 is 0. The van der Waals surface area contributed by atoms with Gasteiger partial charge in [-0.25, -0.2) is 0 Å². The third-order valence-corrected chi connectivity index (χ3v) is 5.30. The minimum absolute atomic E-state index is 0.533. The van der Waals surface area contributed by atoms with Crippen molar-refractivity contribution >= 4 is 11.8 Å². The Balaban J connectivity index is 1.96. The molecule has 0 radical (unpaired) electrons. The zero-order chi connectivity index (χ0) is 11.8. The van der Waals surface area contributed by atoms with E-state index in [1.54, 1.807) is 0 Å². The van der Waals surface area contributed by atoms with Gasteiger partial charge < -0.3 is 5.32 Å². The lowest BCUT2D eigenvalue weighted by Crippen LogP contribution is -2.58. The minimum atomic E-state index is 0.533. The van der Waals surface area contributed by atoms with Crippen LogP contribution < -0.4 is 5.32 Å². The summed E-state index contributed by atoms with van der Waals surface area (Å²) in [5, 5.41) is 3.62. The van der Waals surface area contributed by atoms with Crippen LogP contribution in [0.5, 0.6) is 0 Å². The van der Waals surface area contributed by atoms with Gasteiger partial charge in [-0.05, 0) is 31.4 Å². The average molecular weight is 242 g/mol. The van der Waals surface area contributed by atoms with Gasteiger partial charge in [0.1, 0.15) is 0 Å². The van der Waals surface area contributed by atoms with Crippen molar-refractivity contribution in [3.05, 3.63) is 0 Å². The van der Waals surface area contributed by atoms with E-state index < -0.39 is 0 Å². The molecule has 3 heteroatoms. The summed E-state index contributed by atoms with van der Waals surface area (Å²) in [6, 6.07) is 2.11. The molecule has 1 N–H and O–H groups in total. The molecule has 2 heterocycles. The summed E-state index contributed by atoms with van der Waals surface area (Å²) in [4.78, 5) is 2.72. The van der Waals surface area contributed by atoms with Crippen molar-refractivity contribution in [2.45, 2.75) is 52.2 Å². The highest BCUT2D eigenvalue weighted by atomic mass is 32.2. The molecule has 94 valence electrons. The first kappa shape index (κ1) is 12.7. The predicted molar refractivity (Wildman–Crippen MR) is 73.1 cm³/mol. The quantitative estimate of drug-likeness (QED) is 0.759. The Morgan fingerprint density at radius 1 is 1.19 bits per heavy atom. The molecule has 3 unspecified atom stereocenters. The van der Waals surface area contributed by atoms with Crippen LogP contribution in [0.4, 0.5) is 0 Å². The molecule has 16 heavy (non-hydrogen) atoms. The molecule has 2 nitrogen and oxygen atoms in total. The van der Waals surface area contributed by atoms with E-state index in [1.165, 1.54) is 31.0 Å². The SMILES string of the molecule is CC1CN(C2CSCC(C)(C)C2)CC(C)N1. The molecule has 2 rings (SSSR count). The van der Waals surface area contributed by atoms with Crippen molar-refractivity contribution < 1.29 is 0 Å². The Morgan fingerprint density at radius 2 is 1.81 bits per heavy atom. The lowest BCUT2D eigenvalue weighted by Gasteiger charge is -2.45. The van der Waals surface area contributed by atoms with Crippen molar-refractivity contribution in [2.75, 3.05) is 24.6 Å². The zero-order valence-corrected chi connectivity index (χ0v) is 11.9. The highest BCUT2D eigenvalue weighted by Crippen LogP contribution is 2.36. The van der Waals surface area contributed by atoms with Crippen molar-refractivity contribution in [3.63, 3.8) is 0 Å². The Hall–Kier alpha value is 0.270. The van der Waals surface area contributed by atoms with E-state index >= 15 is 0 Å². The molecule has 0 aromatic carbocycles. The van der Waals surface area contributed by atoms with Crippen molar-refractivity contribution in [2.24, 2.45) is 5.41 Å². The van der Waals surface area contributed by atoms with E-state index in [0.717, 1.165) is 6.04 Å². The lowest BCUT2D eigenvalue weighted by molar-refractivity contribution is 0.104. The predicted octanol–water partition coefficient (Wildman–Crippen LogP) is 2.20. The van der Waals surface area contributed by atoms with Gasteiger partial charge in [0, 0.05) is 37.0 Å². The number of rotatable bonds is 1. The number of thioether (sulfide) groups is 1. The summed E-state index contributed by atoms with van der Waals surface area (Å²) in [5.41, 5.74) is 0.533. The van der Waals surface area contributed by atoms with Crippen LogP contribution in [0.3, 0.4) is 0 Å². The molecule has 0 aromatic heterocycles. The first-order valence-corrected chi connectivity index (χ1v) is 7.69. The Bertz CT molecular complexity index is 232. The molecule has 0 saturated carbocycles. The fourth-order valence-electron chi connectivity index (χ4n) is 3.13. The summed E-state index contributed by atoms with van der Waals surface area (Å²) in [6.45, 7) is 11.9. The molecule has 2 fully saturated rings. The van der Waals surface area contributed by atoms with E-state index in [-0.39, 0.29) is 0 Å². The van der Waals surface area contributed by atoms with Crippen molar-refractivity contribution in [1.29, 1.82) is 0 Å². The molecule has 0 amide bonds. The highest BCUT2D eigenvalue weighted by Gasteiger charge is 2.34. The van der Waals surface area contributed by atoms with Crippen LogP contribution >= 0.6 is 11.8 Å². The maximum absolute atomic E-state index is 3.62. The van der Waals surface area contributed by atoms with Crippen LogP contribution in [0, 0.1) is 5.41 Å². The number of nitrogens with zero attached hydrogens (tertiary/aromatic N) is 1. The maximum Gasteiger partial charge on any atom is 0.0193 e. The first-order chi connectivity index (χ1) is 7.46. The monoisotopic (exact) mass is 242 g/mol. The van der Waals surface area contributed by atoms with E-state index in [0.29, 0.717) is 17.5 Å². The molecule has 0 aromatic rings. The normalized spacial score (nSPS) is 40.9. The molecule has 2 aliphatic heterocycles. The van der Waals surface area contributed by atoms with Gasteiger partial charge in [-0.1, -0.05) is 13.8 Å². The highest BCUT2D eigenvalue weighted by molar-refractivity contribution is 7.99. The smallest absolute Gasteiger partial charge is 0.0193 e. The number of piperazine rings is 1. The molecule has 3 atom stereocenters. The van der Waals surface area contributed by atoms with Gasteiger partial charge in [0.05, 0.1) is 0 Å². The largest absolute Gasteiger partial charge is 0.309 e. The zero-order valence-electron chi connectivity index (χ0n) is 11.1. The molecule has 2 saturated heterocycles. The molecule has 0 aliphatic carbocycles. The van der Waals surface area contributed by atoms with E-state index in [1.807, 2.05) is 0 Å². The van der Waals surface area contributed by atoms with Crippen molar-refractivity contribution in [1.82, 2.24) is 10.2 Å². The fourth-order valence-corrected chi connectivity index (χ4v) is 4.52. The Kier molecular flexibility index (Phi) is 3.87. The summed E-state index contributed by atoms with van der Waals surface area (Å²) in [7, 11) is 0. The second-order valence-electron chi connectivity index (χ2n) is 6.46. The van der Waals surface area contributed by atoms with Gasteiger partial charge in [0.2, 0.25) is 0 Å². The van der Waals surface area contributed by atoms with E-state index in [2.05, 4.69) is 49.7 Å². The number of nitrogens with one attached hydrogen (secondary N) is 1.